The Kier molecular flexibility index (Phi) is 4.19. The topological polar surface area (TPSA) is 96.8 Å². The van der Waals surface area contributed by atoms with Crippen molar-refractivity contribution in [3.05, 3.63) is 23.7 Å². The number of furan rings is 1. The number of hydrogen-bond acceptors (Lipinski definition) is 4. The molecule has 1 aliphatic carbocycles. The first-order valence-electron chi connectivity index (χ1n) is 8.32. The van der Waals surface area contributed by atoms with Crippen molar-refractivity contribution in [1.29, 1.82) is 0 Å². The number of nitrogens with two attached hydrogens (primary N) is 1. The van der Waals surface area contributed by atoms with E-state index in [9.17, 15) is 14.7 Å². The molecule has 2 aliphatic rings. The van der Waals surface area contributed by atoms with Crippen LogP contribution in [0.1, 0.15) is 66.4 Å². The highest BCUT2D eigenvalue weighted by Gasteiger charge is 2.44. The van der Waals surface area contributed by atoms with Crippen LogP contribution in [0.25, 0.3) is 0 Å². The average Bonchev–Trinajstić information content (AvgIpc) is 3.15. The van der Waals surface area contributed by atoms with E-state index in [1.807, 2.05) is 11.8 Å². The molecule has 0 bridgehead atoms. The lowest BCUT2D eigenvalue weighted by atomic mass is 9.72. The Morgan fingerprint density at radius 2 is 2.13 bits per heavy atom. The number of amides is 2. The van der Waals surface area contributed by atoms with Gasteiger partial charge in [-0.1, -0.05) is 12.8 Å². The molecule has 2 heterocycles. The Labute approximate surface area is 135 Å². The highest BCUT2D eigenvalue weighted by molar-refractivity contribution is 5.98. The molecular weight excluding hydrogens is 296 g/mol. The fourth-order valence-corrected chi connectivity index (χ4v) is 4.16. The van der Waals surface area contributed by atoms with Gasteiger partial charge in [-0.25, -0.2) is 0 Å². The lowest BCUT2D eigenvalue weighted by Crippen LogP contribution is -2.50. The van der Waals surface area contributed by atoms with E-state index < -0.39 is 11.5 Å². The van der Waals surface area contributed by atoms with Gasteiger partial charge in [0.05, 0.1) is 11.2 Å². The highest BCUT2D eigenvalue weighted by atomic mass is 16.3. The first kappa shape index (κ1) is 16.1. The largest absolute Gasteiger partial charge is 0.458 e. The van der Waals surface area contributed by atoms with Crippen molar-refractivity contribution >= 4 is 11.8 Å². The molecule has 0 spiro atoms. The van der Waals surface area contributed by atoms with Gasteiger partial charge in [0.15, 0.2) is 5.76 Å². The zero-order valence-corrected chi connectivity index (χ0v) is 13.5. The van der Waals surface area contributed by atoms with E-state index in [2.05, 4.69) is 0 Å². The smallest absolute Gasteiger partial charge is 0.284 e. The monoisotopic (exact) mass is 320 g/mol. The number of carbonyl (C=O) groups excluding carboxylic acids is 2. The Bertz CT molecular complexity index is 607. The minimum Gasteiger partial charge on any atom is -0.458 e. The molecule has 0 radical (unpaired) electrons. The first-order valence-corrected chi connectivity index (χ1v) is 8.32. The van der Waals surface area contributed by atoms with E-state index in [0.717, 1.165) is 38.5 Å². The van der Waals surface area contributed by atoms with Crippen LogP contribution in [0.15, 0.2) is 16.7 Å². The molecule has 1 aliphatic heterocycles. The summed E-state index contributed by atoms with van der Waals surface area (Å²) in [4.78, 5) is 25.7. The maximum atomic E-state index is 12.8. The molecule has 3 unspecified atom stereocenters. The minimum atomic E-state index is -0.722. The van der Waals surface area contributed by atoms with Crippen LogP contribution >= 0.6 is 0 Å². The van der Waals surface area contributed by atoms with Crippen LogP contribution in [-0.2, 0) is 0 Å². The van der Waals surface area contributed by atoms with Crippen LogP contribution in [0.2, 0.25) is 0 Å². The summed E-state index contributed by atoms with van der Waals surface area (Å²) in [6, 6.07) is 1.45. The molecular formula is C17H24N2O4. The van der Waals surface area contributed by atoms with Gasteiger partial charge in [-0.3, -0.25) is 9.59 Å². The quantitative estimate of drug-likeness (QED) is 0.889. The average molecular weight is 320 g/mol. The second kappa shape index (κ2) is 6.00. The van der Waals surface area contributed by atoms with Gasteiger partial charge >= 0.3 is 0 Å². The van der Waals surface area contributed by atoms with Crippen molar-refractivity contribution in [3.8, 4) is 0 Å². The van der Waals surface area contributed by atoms with Gasteiger partial charge in [0.2, 0.25) is 0 Å². The zero-order valence-electron chi connectivity index (χ0n) is 13.5. The van der Waals surface area contributed by atoms with Gasteiger partial charge in [-0.15, -0.1) is 0 Å². The Hall–Kier alpha value is -1.82. The molecule has 1 aromatic heterocycles. The zero-order chi connectivity index (χ0) is 16.6. The molecule has 0 aromatic carbocycles. The van der Waals surface area contributed by atoms with E-state index in [1.54, 1.807) is 0 Å². The Balaban J connectivity index is 1.80. The molecule has 1 saturated carbocycles. The summed E-state index contributed by atoms with van der Waals surface area (Å²) in [7, 11) is 0. The van der Waals surface area contributed by atoms with Gasteiger partial charge in [0.1, 0.15) is 6.26 Å². The Morgan fingerprint density at radius 3 is 2.78 bits per heavy atom. The molecule has 2 amide bonds. The molecule has 1 saturated heterocycles. The van der Waals surface area contributed by atoms with Gasteiger partial charge in [-0.2, -0.15) is 0 Å². The number of rotatable bonds is 3. The van der Waals surface area contributed by atoms with Crippen LogP contribution in [0.5, 0.6) is 0 Å². The second-order valence-corrected chi connectivity index (χ2v) is 6.98. The molecule has 23 heavy (non-hydrogen) atoms. The summed E-state index contributed by atoms with van der Waals surface area (Å²) in [6.07, 6.45) is 6.99. The fraction of sp³-hybridized carbons (Fsp3) is 0.647. The van der Waals surface area contributed by atoms with E-state index in [0.29, 0.717) is 12.1 Å². The molecule has 3 N–H and O–H groups in total. The summed E-state index contributed by atoms with van der Waals surface area (Å²) in [5.74, 6) is -0.735. The SMILES string of the molecule is CC1(O)CCCCC1C1CCCN1C(=O)c1coc(C(N)=O)c1. The number of hydrogen-bond donors (Lipinski definition) is 2. The Morgan fingerprint density at radius 1 is 1.35 bits per heavy atom. The summed E-state index contributed by atoms with van der Waals surface area (Å²) in [6.45, 7) is 2.56. The summed E-state index contributed by atoms with van der Waals surface area (Å²) in [5.41, 5.74) is 4.80. The van der Waals surface area contributed by atoms with E-state index in [1.165, 1.54) is 12.3 Å². The van der Waals surface area contributed by atoms with E-state index in [-0.39, 0.29) is 23.6 Å². The standard InChI is InChI=1S/C17H24N2O4/c1-17(22)7-3-2-5-12(17)13-6-4-8-19(13)16(21)11-9-14(15(18)20)23-10-11/h9-10,12-13,22H,2-8H2,1H3,(H2,18,20). The summed E-state index contributed by atoms with van der Waals surface area (Å²) < 4.78 is 5.06. The van der Waals surface area contributed by atoms with Crippen molar-refractivity contribution in [2.24, 2.45) is 11.7 Å². The normalized spacial score (nSPS) is 31.3. The molecule has 2 fully saturated rings. The fourth-order valence-electron chi connectivity index (χ4n) is 4.16. The van der Waals surface area contributed by atoms with Crippen molar-refractivity contribution in [2.75, 3.05) is 6.54 Å². The predicted molar refractivity (Wildman–Crippen MR) is 83.9 cm³/mol. The lowest BCUT2D eigenvalue weighted by molar-refractivity contribution is -0.0577. The van der Waals surface area contributed by atoms with Crippen molar-refractivity contribution in [1.82, 2.24) is 4.90 Å². The van der Waals surface area contributed by atoms with Crippen LogP contribution in [-0.4, -0.2) is 40.0 Å². The lowest BCUT2D eigenvalue weighted by Gasteiger charge is -2.43. The van der Waals surface area contributed by atoms with Crippen molar-refractivity contribution < 1.29 is 19.1 Å². The van der Waals surface area contributed by atoms with E-state index in [4.69, 9.17) is 10.2 Å². The summed E-state index contributed by atoms with van der Waals surface area (Å²) >= 11 is 0. The van der Waals surface area contributed by atoms with Crippen LogP contribution < -0.4 is 5.73 Å². The minimum absolute atomic E-state index is 0.00578. The second-order valence-electron chi connectivity index (χ2n) is 6.98. The third-order valence-electron chi connectivity index (χ3n) is 5.36. The molecule has 3 atom stereocenters. The van der Waals surface area contributed by atoms with Gasteiger partial charge in [0.25, 0.3) is 11.8 Å². The highest BCUT2D eigenvalue weighted by Crippen LogP contribution is 2.41. The number of primary amides is 1. The number of nitrogens with zero attached hydrogens (tertiary/aromatic N) is 1. The third kappa shape index (κ3) is 3.00. The maximum absolute atomic E-state index is 12.8. The van der Waals surface area contributed by atoms with Crippen LogP contribution in [0, 0.1) is 5.92 Å². The number of likely N-dealkylation sites (tertiary alicyclic amines) is 1. The molecule has 6 nitrogen and oxygen atoms in total. The number of carbonyl (C=O) groups is 2. The van der Waals surface area contributed by atoms with Crippen molar-refractivity contribution in [2.45, 2.75) is 57.1 Å². The molecule has 3 rings (SSSR count). The molecule has 6 heteroatoms. The van der Waals surface area contributed by atoms with Gasteiger partial charge in [0, 0.05) is 24.6 Å². The summed E-state index contributed by atoms with van der Waals surface area (Å²) in [5, 5.41) is 10.7. The molecule has 1 aromatic rings. The third-order valence-corrected chi connectivity index (χ3v) is 5.36. The number of aliphatic hydroxyl groups is 1. The van der Waals surface area contributed by atoms with Crippen LogP contribution in [0.4, 0.5) is 0 Å². The van der Waals surface area contributed by atoms with E-state index >= 15 is 0 Å². The van der Waals surface area contributed by atoms with Gasteiger partial charge in [-0.05, 0) is 32.6 Å². The van der Waals surface area contributed by atoms with Crippen molar-refractivity contribution in [3.63, 3.8) is 0 Å². The first-order chi connectivity index (χ1) is 10.9. The maximum Gasteiger partial charge on any atom is 0.284 e. The van der Waals surface area contributed by atoms with Crippen LogP contribution in [0.3, 0.4) is 0 Å². The molecule has 126 valence electrons. The van der Waals surface area contributed by atoms with Gasteiger partial charge < -0.3 is 20.2 Å². The predicted octanol–water partition coefficient (Wildman–Crippen LogP) is 1.92.